The lowest BCUT2D eigenvalue weighted by atomic mass is 10.0. The molecule has 7 aromatic carbocycles. The van der Waals surface area contributed by atoms with Crippen molar-refractivity contribution in [3.63, 3.8) is 0 Å². The van der Waals surface area contributed by atoms with Gasteiger partial charge in [-0.25, -0.2) is 19.9 Å². The summed E-state index contributed by atoms with van der Waals surface area (Å²) >= 11 is 0. The van der Waals surface area contributed by atoms with E-state index in [-0.39, 0.29) is 0 Å². The summed E-state index contributed by atoms with van der Waals surface area (Å²) in [7, 11) is 0. The molecule has 0 bridgehead atoms. The van der Waals surface area contributed by atoms with Crippen LogP contribution in [0.15, 0.2) is 176 Å². The van der Waals surface area contributed by atoms with E-state index in [1.54, 1.807) is 0 Å². The molecule has 6 nitrogen and oxygen atoms in total. The molecule has 0 radical (unpaired) electrons. The SMILES string of the molecule is CCCCc1ccc(-c2cc(-c3ccc(CCCC)cc3)nc(-c3cc(-c4nc(-c5ccc(CCCC)cc5)cc(-c5ccc(CCCC)cc5)n4)cc(N4c5ccccc5Oc5ccccc54)c3)n2)cc1. The van der Waals surface area contributed by atoms with Gasteiger partial charge in [0.05, 0.1) is 34.2 Å². The van der Waals surface area contributed by atoms with Crippen LogP contribution in [-0.2, 0) is 25.7 Å². The Labute approximate surface area is 426 Å². The molecule has 3 heterocycles. The van der Waals surface area contributed by atoms with Crippen LogP contribution in [0, 0.1) is 0 Å². The molecule has 0 amide bonds. The summed E-state index contributed by atoms with van der Waals surface area (Å²) in [4.78, 5) is 24.1. The largest absolute Gasteiger partial charge is 0.453 e. The number of ether oxygens (including phenoxy) is 1. The monoisotopic (exact) mass is 944 g/mol. The number of fused-ring (bicyclic) bond motifs is 2. The second kappa shape index (κ2) is 22.6. The molecule has 72 heavy (non-hydrogen) atoms. The molecule has 1 aliphatic heterocycles. The number of hydrogen-bond donors (Lipinski definition) is 0. The van der Waals surface area contributed by atoms with Crippen LogP contribution in [0.1, 0.15) is 101 Å². The molecule has 0 saturated heterocycles. The van der Waals surface area contributed by atoms with E-state index in [0.29, 0.717) is 11.6 Å². The summed E-state index contributed by atoms with van der Waals surface area (Å²) < 4.78 is 6.55. The van der Waals surface area contributed by atoms with E-state index in [1.807, 2.05) is 24.3 Å². The van der Waals surface area contributed by atoms with Crippen molar-refractivity contribution in [1.29, 1.82) is 0 Å². The Hall–Kier alpha value is -7.70. The number of nitrogens with zero attached hydrogens (tertiary/aromatic N) is 5. The molecule has 0 spiro atoms. The molecule has 0 atom stereocenters. The smallest absolute Gasteiger partial charge is 0.160 e. The highest BCUT2D eigenvalue weighted by Gasteiger charge is 2.27. The molecule has 9 aromatic rings. The number of aromatic nitrogens is 4. The normalized spacial score (nSPS) is 11.8. The Bertz CT molecular complexity index is 2900. The maximum absolute atomic E-state index is 6.55. The van der Waals surface area contributed by atoms with Crippen LogP contribution in [0.5, 0.6) is 11.5 Å². The fourth-order valence-electron chi connectivity index (χ4n) is 9.62. The van der Waals surface area contributed by atoms with E-state index in [0.717, 1.165) is 162 Å². The zero-order valence-corrected chi connectivity index (χ0v) is 42.4. The first-order valence-corrected chi connectivity index (χ1v) is 26.4. The van der Waals surface area contributed by atoms with Gasteiger partial charge in [-0.05, 0) is 128 Å². The number of para-hydroxylation sites is 4. The highest BCUT2D eigenvalue weighted by atomic mass is 16.5. The van der Waals surface area contributed by atoms with Crippen molar-refractivity contribution >= 4 is 17.1 Å². The molecule has 0 unspecified atom stereocenters. The van der Waals surface area contributed by atoms with Crippen LogP contribution in [0.2, 0.25) is 0 Å². The minimum atomic E-state index is 0.618. The summed E-state index contributed by atoms with van der Waals surface area (Å²) in [5.41, 5.74) is 17.5. The van der Waals surface area contributed by atoms with Crippen molar-refractivity contribution in [3.05, 3.63) is 198 Å². The molecule has 0 saturated carbocycles. The second-order valence-electron chi connectivity index (χ2n) is 19.3. The Balaban J connectivity index is 1.19. The minimum absolute atomic E-state index is 0.618. The topological polar surface area (TPSA) is 64.0 Å². The minimum Gasteiger partial charge on any atom is -0.453 e. The van der Waals surface area contributed by atoms with Crippen LogP contribution < -0.4 is 9.64 Å². The predicted molar refractivity (Wildman–Crippen MR) is 299 cm³/mol. The van der Waals surface area contributed by atoms with Gasteiger partial charge in [-0.1, -0.05) is 175 Å². The van der Waals surface area contributed by atoms with Crippen molar-refractivity contribution in [3.8, 4) is 79.3 Å². The van der Waals surface area contributed by atoms with Crippen molar-refractivity contribution in [2.45, 2.75) is 105 Å². The third-order valence-corrected chi connectivity index (χ3v) is 13.9. The Morgan fingerprint density at radius 2 is 0.639 bits per heavy atom. The summed E-state index contributed by atoms with van der Waals surface area (Å²) in [6.45, 7) is 8.97. The molecule has 360 valence electrons. The molecule has 1 aliphatic rings. The predicted octanol–water partition coefficient (Wildman–Crippen LogP) is 18.2. The van der Waals surface area contributed by atoms with Crippen molar-refractivity contribution in [2.24, 2.45) is 0 Å². The first-order chi connectivity index (χ1) is 35.5. The van der Waals surface area contributed by atoms with Gasteiger partial charge in [0.25, 0.3) is 0 Å². The third-order valence-electron chi connectivity index (χ3n) is 13.9. The quantitative estimate of drug-likeness (QED) is 0.0805. The van der Waals surface area contributed by atoms with Gasteiger partial charge in [0.15, 0.2) is 23.1 Å². The molecular formula is C66H65N5O. The maximum atomic E-state index is 6.55. The molecule has 0 N–H and O–H groups in total. The van der Waals surface area contributed by atoms with E-state index < -0.39 is 0 Å². The Morgan fingerprint density at radius 3 is 0.944 bits per heavy atom. The molecule has 10 rings (SSSR count). The van der Waals surface area contributed by atoms with Gasteiger partial charge in [0.1, 0.15) is 0 Å². The summed E-state index contributed by atoms with van der Waals surface area (Å²) in [6, 6.07) is 63.1. The Kier molecular flexibility index (Phi) is 15.0. The Morgan fingerprint density at radius 1 is 0.333 bits per heavy atom. The van der Waals surface area contributed by atoms with Gasteiger partial charge >= 0.3 is 0 Å². The maximum Gasteiger partial charge on any atom is 0.160 e. The summed E-state index contributed by atoms with van der Waals surface area (Å²) in [5.74, 6) is 2.79. The van der Waals surface area contributed by atoms with Crippen LogP contribution >= 0.6 is 0 Å². The standard InChI is InChI=1S/C66H65N5O/c1-5-9-17-46-25-33-50(34-26-46)57-44-58(51-35-27-47(28-36-51)18-10-6-2)68-65(67-57)54-41-55(43-56(42-54)71-61-21-13-15-23-63(61)72-64-24-16-14-22-62(64)71)66-69-59(52-37-29-48(30-38-52)19-11-7-3)45-60(70-66)53-39-31-49(32-40-53)20-12-8-4/h13-16,21-45H,5-12,17-20H2,1-4H3. The van der Waals surface area contributed by atoms with Gasteiger partial charge in [0.2, 0.25) is 0 Å². The highest BCUT2D eigenvalue weighted by molar-refractivity contribution is 5.89. The van der Waals surface area contributed by atoms with Crippen LogP contribution in [0.3, 0.4) is 0 Å². The second-order valence-corrected chi connectivity index (χ2v) is 19.3. The van der Waals surface area contributed by atoms with Crippen LogP contribution in [0.4, 0.5) is 17.1 Å². The molecule has 2 aromatic heterocycles. The van der Waals surface area contributed by atoms with Gasteiger partial charge in [-0.3, -0.25) is 0 Å². The third kappa shape index (κ3) is 10.9. The number of hydrogen-bond acceptors (Lipinski definition) is 6. The van der Waals surface area contributed by atoms with Crippen molar-refractivity contribution in [1.82, 2.24) is 19.9 Å². The lowest BCUT2D eigenvalue weighted by molar-refractivity contribution is 0.477. The average Bonchev–Trinajstić information content (AvgIpc) is 3.44. The van der Waals surface area contributed by atoms with E-state index in [9.17, 15) is 0 Å². The van der Waals surface area contributed by atoms with Crippen molar-refractivity contribution in [2.75, 3.05) is 4.90 Å². The van der Waals surface area contributed by atoms with E-state index in [4.69, 9.17) is 24.7 Å². The van der Waals surface area contributed by atoms with Crippen molar-refractivity contribution < 1.29 is 4.74 Å². The fraction of sp³-hybridized carbons (Fsp3) is 0.242. The van der Waals surface area contributed by atoms with Gasteiger partial charge in [-0.15, -0.1) is 0 Å². The molecular weight excluding hydrogens is 879 g/mol. The van der Waals surface area contributed by atoms with E-state index >= 15 is 0 Å². The summed E-state index contributed by atoms with van der Waals surface area (Å²) in [5, 5.41) is 0. The number of aryl methyl sites for hydroxylation is 4. The molecule has 0 aliphatic carbocycles. The van der Waals surface area contributed by atoms with Gasteiger partial charge in [0, 0.05) is 39.1 Å². The summed E-state index contributed by atoms with van der Waals surface area (Å²) in [6.07, 6.45) is 13.5. The average molecular weight is 944 g/mol. The number of benzene rings is 7. The number of anilines is 3. The van der Waals surface area contributed by atoms with E-state index in [2.05, 4.69) is 184 Å². The van der Waals surface area contributed by atoms with Gasteiger partial charge in [-0.2, -0.15) is 0 Å². The first-order valence-electron chi connectivity index (χ1n) is 26.4. The molecule has 6 heteroatoms. The number of unbranched alkanes of at least 4 members (excludes halogenated alkanes) is 4. The zero-order valence-electron chi connectivity index (χ0n) is 42.4. The fourth-order valence-corrected chi connectivity index (χ4v) is 9.62. The lowest BCUT2D eigenvalue weighted by Crippen LogP contribution is -2.16. The lowest BCUT2D eigenvalue weighted by Gasteiger charge is -2.33. The van der Waals surface area contributed by atoms with E-state index in [1.165, 1.54) is 22.3 Å². The molecule has 0 fully saturated rings. The van der Waals surface area contributed by atoms with Gasteiger partial charge < -0.3 is 9.64 Å². The number of rotatable bonds is 19. The highest BCUT2D eigenvalue weighted by Crippen LogP contribution is 2.51. The van der Waals surface area contributed by atoms with Crippen LogP contribution in [0.25, 0.3) is 67.8 Å². The first kappa shape index (κ1) is 48.0. The van der Waals surface area contributed by atoms with Crippen LogP contribution in [-0.4, -0.2) is 19.9 Å². The zero-order chi connectivity index (χ0) is 49.2.